The molecule has 1 N–H and O–H groups in total. The highest BCUT2D eigenvalue weighted by Gasteiger charge is 2.48. The van der Waals surface area contributed by atoms with E-state index in [0.717, 1.165) is 11.0 Å². The minimum absolute atomic E-state index is 0.159. The van der Waals surface area contributed by atoms with E-state index >= 15 is 0 Å². The fourth-order valence-corrected chi connectivity index (χ4v) is 3.73. The molecular formula is C24H20FNO6. The van der Waals surface area contributed by atoms with Gasteiger partial charge in [-0.3, -0.25) is 14.5 Å². The number of anilines is 1. The number of halogens is 1. The number of methoxy groups -OCH3 is 2. The van der Waals surface area contributed by atoms with Crippen LogP contribution in [0.15, 0.2) is 64.6 Å². The minimum Gasteiger partial charge on any atom is -0.507 e. The molecule has 2 heterocycles. The second kappa shape index (κ2) is 8.22. The quantitative estimate of drug-likeness (QED) is 0.362. The molecule has 1 unspecified atom stereocenters. The van der Waals surface area contributed by atoms with E-state index in [2.05, 4.69) is 0 Å². The number of Topliss-reactive ketones (excluding diaryl/α,β-unsaturated/α-hetero) is 1. The summed E-state index contributed by atoms with van der Waals surface area (Å²) in [4.78, 5) is 27.2. The van der Waals surface area contributed by atoms with Crippen LogP contribution in [-0.2, 0) is 9.59 Å². The number of carbonyl (C=O) groups excluding carboxylic acids is 2. The highest BCUT2D eigenvalue weighted by molar-refractivity contribution is 6.51. The Hall–Kier alpha value is -4.07. The maximum absolute atomic E-state index is 13.9. The normalized spacial score (nSPS) is 17.6. The highest BCUT2D eigenvalue weighted by Crippen LogP contribution is 2.44. The Morgan fingerprint density at radius 1 is 1.06 bits per heavy atom. The van der Waals surface area contributed by atoms with E-state index in [1.54, 1.807) is 31.2 Å². The molecule has 32 heavy (non-hydrogen) atoms. The average Bonchev–Trinajstić information content (AvgIpc) is 3.33. The van der Waals surface area contributed by atoms with Gasteiger partial charge in [0.05, 0.1) is 25.4 Å². The monoisotopic (exact) mass is 437 g/mol. The topological polar surface area (TPSA) is 89.2 Å². The first-order valence-electron chi connectivity index (χ1n) is 9.71. The summed E-state index contributed by atoms with van der Waals surface area (Å²) in [7, 11) is 2.89. The number of aryl methyl sites for hydroxylation is 1. The molecule has 0 bridgehead atoms. The number of amides is 1. The van der Waals surface area contributed by atoms with Crippen LogP contribution in [0, 0.1) is 12.7 Å². The molecule has 1 saturated heterocycles. The lowest BCUT2D eigenvalue weighted by Gasteiger charge is -2.23. The van der Waals surface area contributed by atoms with Crippen LogP contribution in [0.1, 0.15) is 23.1 Å². The van der Waals surface area contributed by atoms with Crippen LogP contribution in [0.5, 0.6) is 11.5 Å². The number of carbonyl (C=O) groups is 2. The Bertz CT molecular complexity index is 1240. The summed E-state index contributed by atoms with van der Waals surface area (Å²) in [6.45, 7) is 1.71. The van der Waals surface area contributed by atoms with Gasteiger partial charge in [0.25, 0.3) is 11.7 Å². The number of furan rings is 1. The van der Waals surface area contributed by atoms with Crippen LogP contribution < -0.4 is 14.4 Å². The SMILES string of the molecule is COc1ccc(/C(O)=C2/C(=O)C(=O)N(c3cccc(F)c3)C2c2ccc(C)o2)c(OC)c1. The summed E-state index contributed by atoms with van der Waals surface area (Å²) >= 11 is 0. The molecule has 1 atom stereocenters. The minimum atomic E-state index is -1.10. The average molecular weight is 437 g/mol. The Morgan fingerprint density at radius 2 is 1.84 bits per heavy atom. The Labute approximate surface area is 183 Å². The van der Waals surface area contributed by atoms with E-state index in [-0.39, 0.29) is 28.3 Å². The van der Waals surface area contributed by atoms with E-state index in [1.807, 2.05) is 0 Å². The van der Waals surface area contributed by atoms with Gasteiger partial charge in [0.2, 0.25) is 0 Å². The van der Waals surface area contributed by atoms with Gasteiger partial charge in [0.15, 0.2) is 0 Å². The van der Waals surface area contributed by atoms with Gasteiger partial charge in [0, 0.05) is 11.8 Å². The lowest BCUT2D eigenvalue weighted by atomic mass is 9.98. The first-order valence-corrected chi connectivity index (χ1v) is 9.71. The molecule has 1 aromatic heterocycles. The predicted octanol–water partition coefficient (Wildman–Crippen LogP) is 4.37. The second-order valence-corrected chi connectivity index (χ2v) is 7.16. The van der Waals surface area contributed by atoms with Gasteiger partial charge in [-0.1, -0.05) is 6.07 Å². The lowest BCUT2D eigenvalue weighted by molar-refractivity contribution is -0.132. The summed E-state index contributed by atoms with van der Waals surface area (Å²) in [6.07, 6.45) is 0. The zero-order chi connectivity index (χ0) is 23.0. The van der Waals surface area contributed by atoms with Crippen LogP contribution in [0.4, 0.5) is 10.1 Å². The van der Waals surface area contributed by atoms with Gasteiger partial charge in [-0.05, 0) is 49.4 Å². The number of nitrogens with zero attached hydrogens (tertiary/aromatic N) is 1. The van der Waals surface area contributed by atoms with Crippen molar-refractivity contribution in [3.63, 3.8) is 0 Å². The van der Waals surface area contributed by atoms with Gasteiger partial charge in [-0.15, -0.1) is 0 Å². The highest BCUT2D eigenvalue weighted by atomic mass is 19.1. The number of aliphatic hydroxyl groups excluding tert-OH is 1. The van der Waals surface area contributed by atoms with Crippen molar-refractivity contribution < 1.29 is 33.0 Å². The molecule has 2 aromatic carbocycles. The third-order valence-electron chi connectivity index (χ3n) is 5.23. The van der Waals surface area contributed by atoms with Crippen molar-refractivity contribution in [2.24, 2.45) is 0 Å². The predicted molar refractivity (Wildman–Crippen MR) is 114 cm³/mol. The molecular weight excluding hydrogens is 417 g/mol. The molecule has 0 saturated carbocycles. The Balaban J connectivity index is 1.96. The molecule has 1 aliphatic rings. The second-order valence-electron chi connectivity index (χ2n) is 7.16. The summed E-state index contributed by atoms with van der Waals surface area (Å²) in [6, 6.07) is 12.1. The van der Waals surface area contributed by atoms with Gasteiger partial charge in [-0.2, -0.15) is 0 Å². The molecule has 7 nitrogen and oxygen atoms in total. The van der Waals surface area contributed by atoms with Crippen LogP contribution >= 0.6 is 0 Å². The Morgan fingerprint density at radius 3 is 2.47 bits per heavy atom. The largest absolute Gasteiger partial charge is 0.507 e. The van der Waals surface area contributed by atoms with Crippen molar-refractivity contribution in [2.75, 3.05) is 19.1 Å². The van der Waals surface area contributed by atoms with Gasteiger partial charge in [0.1, 0.15) is 40.6 Å². The van der Waals surface area contributed by atoms with E-state index in [4.69, 9.17) is 13.9 Å². The van der Waals surface area contributed by atoms with Crippen molar-refractivity contribution in [1.82, 2.24) is 0 Å². The molecule has 0 spiro atoms. The molecule has 1 aliphatic heterocycles. The van der Waals surface area contributed by atoms with Crippen LogP contribution in [0.3, 0.4) is 0 Å². The fraction of sp³-hybridized carbons (Fsp3) is 0.167. The van der Waals surface area contributed by atoms with Gasteiger partial charge >= 0.3 is 0 Å². The standard InChI is InChI=1S/C24H20FNO6/c1-13-7-10-18(32-13)21-20(22(27)17-9-8-16(30-2)12-19(17)31-3)23(28)24(29)26(21)15-6-4-5-14(25)11-15/h4-12,21,27H,1-3H3/b22-20-. The molecule has 4 rings (SSSR count). The first kappa shape index (κ1) is 21.2. The van der Waals surface area contributed by atoms with Gasteiger partial charge < -0.3 is 19.0 Å². The van der Waals surface area contributed by atoms with Crippen molar-refractivity contribution in [2.45, 2.75) is 13.0 Å². The summed E-state index contributed by atoms with van der Waals surface area (Å²) in [5, 5.41) is 11.2. The maximum Gasteiger partial charge on any atom is 0.300 e. The molecule has 164 valence electrons. The summed E-state index contributed by atoms with van der Waals surface area (Å²) < 4.78 is 30.2. The van der Waals surface area contributed by atoms with Crippen molar-refractivity contribution in [3.05, 3.63) is 83.1 Å². The maximum atomic E-state index is 13.9. The number of hydrogen-bond acceptors (Lipinski definition) is 6. The number of hydrogen-bond donors (Lipinski definition) is 1. The first-order chi connectivity index (χ1) is 15.3. The molecule has 1 fully saturated rings. The summed E-state index contributed by atoms with van der Waals surface area (Å²) in [5.74, 6) is -1.33. The Kier molecular flexibility index (Phi) is 5.44. The van der Waals surface area contributed by atoms with Crippen LogP contribution in [-0.4, -0.2) is 31.0 Å². The number of benzene rings is 2. The summed E-state index contributed by atoms with van der Waals surface area (Å²) in [5.41, 5.74) is 0.155. The fourth-order valence-electron chi connectivity index (χ4n) is 3.73. The number of aliphatic hydroxyl groups is 1. The third-order valence-corrected chi connectivity index (χ3v) is 5.23. The van der Waals surface area contributed by atoms with Crippen molar-refractivity contribution in [3.8, 4) is 11.5 Å². The van der Waals surface area contributed by atoms with Crippen molar-refractivity contribution >= 4 is 23.1 Å². The third kappa shape index (κ3) is 3.49. The zero-order valence-electron chi connectivity index (χ0n) is 17.6. The van der Waals surface area contributed by atoms with Crippen molar-refractivity contribution in [1.29, 1.82) is 0 Å². The molecule has 1 amide bonds. The van der Waals surface area contributed by atoms with E-state index in [0.29, 0.717) is 11.5 Å². The number of ether oxygens (including phenoxy) is 2. The van der Waals surface area contributed by atoms with Crippen LogP contribution in [0.25, 0.3) is 5.76 Å². The molecule has 8 heteroatoms. The number of ketones is 1. The lowest BCUT2D eigenvalue weighted by Crippen LogP contribution is -2.29. The van der Waals surface area contributed by atoms with E-state index in [9.17, 15) is 19.1 Å². The zero-order valence-corrected chi connectivity index (χ0v) is 17.6. The number of rotatable bonds is 5. The van der Waals surface area contributed by atoms with Crippen LogP contribution in [0.2, 0.25) is 0 Å². The molecule has 3 aromatic rings. The smallest absolute Gasteiger partial charge is 0.300 e. The molecule has 0 aliphatic carbocycles. The van der Waals surface area contributed by atoms with E-state index in [1.165, 1.54) is 38.5 Å². The molecule has 0 radical (unpaired) electrons. The van der Waals surface area contributed by atoms with E-state index < -0.39 is 29.3 Å². The van der Waals surface area contributed by atoms with Gasteiger partial charge in [-0.25, -0.2) is 4.39 Å².